The fraction of sp³-hybridized carbons (Fsp3) is 0.700. The monoisotopic (exact) mass is 506 g/mol. The summed E-state index contributed by atoms with van der Waals surface area (Å²) in [5.74, 6) is -0.822. The Morgan fingerprint density at radius 1 is 0.742 bits per heavy atom. The standard InChI is InChI=1S/C20H42O7Si4/c1-9-19(21)23-11-13-25-28(3)15-17-30(5,6)27-31(7,8)18-16-29(4)26-14-12-24-20(22)10-2/h9-10,28-29H,1-2,11-18H2,3-8H3. The van der Waals surface area contributed by atoms with Gasteiger partial charge in [-0.3, -0.25) is 0 Å². The minimum absolute atomic E-state index is 0.278. The van der Waals surface area contributed by atoms with Crippen LogP contribution >= 0.6 is 0 Å². The highest BCUT2D eigenvalue weighted by Gasteiger charge is 2.33. The van der Waals surface area contributed by atoms with Crippen molar-refractivity contribution < 1.29 is 32.0 Å². The summed E-state index contributed by atoms with van der Waals surface area (Å²) in [6.45, 7) is 21.7. The van der Waals surface area contributed by atoms with Gasteiger partial charge in [-0.05, 0) is 63.5 Å². The molecule has 0 aliphatic carbocycles. The van der Waals surface area contributed by atoms with Crippen molar-refractivity contribution in [3.63, 3.8) is 0 Å². The van der Waals surface area contributed by atoms with Crippen molar-refractivity contribution in [1.29, 1.82) is 0 Å². The Bertz CT molecular complexity index is 522. The molecule has 0 radical (unpaired) electrons. The molecule has 0 amide bonds. The van der Waals surface area contributed by atoms with E-state index in [0.29, 0.717) is 13.2 Å². The van der Waals surface area contributed by atoms with Crippen LogP contribution < -0.4 is 0 Å². The summed E-state index contributed by atoms with van der Waals surface area (Å²) in [6, 6.07) is 4.30. The highest BCUT2D eigenvalue weighted by molar-refractivity contribution is 6.85. The Kier molecular flexibility index (Phi) is 15.5. The van der Waals surface area contributed by atoms with E-state index in [1.807, 2.05) is 0 Å². The zero-order chi connectivity index (χ0) is 23.9. The molecule has 7 nitrogen and oxygen atoms in total. The molecule has 11 heteroatoms. The predicted octanol–water partition coefficient (Wildman–Crippen LogP) is 3.61. The molecule has 2 atom stereocenters. The van der Waals surface area contributed by atoms with E-state index in [9.17, 15) is 9.59 Å². The number of carbonyl (C=O) groups is 2. The summed E-state index contributed by atoms with van der Waals surface area (Å²) in [5, 5.41) is 0. The van der Waals surface area contributed by atoms with E-state index >= 15 is 0 Å². The van der Waals surface area contributed by atoms with Crippen molar-refractivity contribution in [2.75, 3.05) is 26.4 Å². The van der Waals surface area contributed by atoms with Crippen LogP contribution in [0.5, 0.6) is 0 Å². The molecule has 0 aliphatic heterocycles. The maximum absolute atomic E-state index is 11.0. The molecule has 2 unspecified atom stereocenters. The van der Waals surface area contributed by atoms with E-state index in [0.717, 1.165) is 36.3 Å². The van der Waals surface area contributed by atoms with Gasteiger partial charge < -0.3 is 22.4 Å². The first-order valence-electron chi connectivity index (χ1n) is 10.9. The first kappa shape index (κ1) is 30.2. The third kappa shape index (κ3) is 17.4. The van der Waals surface area contributed by atoms with Crippen LogP contribution in [-0.2, 0) is 32.0 Å². The molecule has 0 bridgehead atoms. The number of ether oxygens (including phenoxy) is 2. The van der Waals surface area contributed by atoms with Crippen LogP contribution in [0, 0.1) is 0 Å². The van der Waals surface area contributed by atoms with Crippen LogP contribution in [0.1, 0.15) is 0 Å². The summed E-state index contributed by atoms with van der Waals surface area (Å²) in [5.41, 5.74) is 0. The zero-order valence-electron chi connectivity index (χ0n) is 20.2. The fourth-order valence-corrected chi connectivity index (χ4v) is 20.0. The fourth-order valence-electron chi connectivity index (χ4n) is 3.02. The molecular formula is C20H42O7Si4. The third-order valence-electron chi connectivity index (χ3n) is 4.65. The van der Waals surface area contributed by atoms with E-state index in [-0.39, 0.29) is 13.2 Å². The van der Waals surface area contributed by atoms with Gasteiger partial charge in [0.05, 0.1) is 13.2 Å². The number of rotatable bonds is 18. The van der Waals surface area contributed by atoms with Crippen molar-refractivity contribution in [3.05, 3.63) is 25.3 Å². The van der Waals surface area contributed by atoms with Gasteiger partial charge in [0.25, 0.3) is 0 Å². The highest BCUT2D eigenvalue weighted by Crippen LogP contribution is 2.25. The Morgan fingerprint density at radius 2 is 1.10 bits per heavy atom. The minimum Gasteiger partial charge on any atom is -0.460 e. The predicted molar refractivity (Wildman–Crippen MR) is 136 cm³/mol. The van der Waals surface area contributed by atoms with Gasteiger partial charge in [0.1, 0.15) is 13.2 Å². The van der Waals surface area contributed by atoms with Crippen molar-refractivity contribution >= 4 is 46.7 Å². The Balaban J connectivity index is 4.15. The Morgan fingerprint density at radius 3 is 1.42 bits per heavy atom. The molecule has 0 rings (SSSR count). The largest absolute Gasteiger partial charge is 0.460 e. The first-order valence-corrected chi connectivity index (χ1v) is 22.0. The molecule has 0 heterocycles. The second kappa shape index (κ2) is 15.9. The van der Waals surface area contributed by atoms with Crippen molar-refractivity contribution in [1.82, 2.24) is 0 Å². The maximum Gasteiger partial charge on any atom is 0.330 e. The van der Waals surface area contributed by atoms with Gasteiger partial charge in [0.15, 0.2) is 34.7 Å². The molecule has 0 aliphatic rings. The first-order chi connectivity index (χ1) is 14.4. The van der Waals surface area contributed by atoms with E-state index in [1.165, 1.54) is 0 Å². The third-order valence-corrected chi connectivity index (χ3v) is 17.0. The normalized spacial score (nSPS) is 13.9. The van der Waals surface area contributed by atoms with Gasteiger partial charge >= 0.3 is 11.9 Å². The molecule has 31 heavy (non-hydrogen) atoms. The van der Waals surface area contributed by atoms with E-state index < -0.39 is 46.7 Å². The smallest absolute Gasteiger partial charge is 0.330 e. The summed E-state index contributed by atoms with van der Waals surface area (Å²) in [6.07, 6.45) is 2.32. The molecule has 0 saturated heterocycles. The van der Waals surface area contributed by atoms with E-state index in [4.69, 9.17) is 22.4 Å². The summed E-state index contributed by atoms with van der Waals surface area (Å²) >= 11 is 0. The average molecular weight is 507 g/mol. The zero-order valence-corrected chi connectivity index (χ0v) is 24.5. The molecule has 0 aromatic rings. The number of hydrogen-bond donors (Lipinski definition) is 0. The van der Waals surface area contributed by atoms with Crippen LogP contribution in [-0.4, -0.2) is 73.1 Å². The van der Waals surface area contributed by atoms with Crippen LogP contribution in [0.2, 0.25) is 63.5 Å². The lowest BCUT2D eigenvalue weighted by atomic mass is 10.6. The number of hydrogen-bond acceptors (Lipinski definition) is 7. The molecule has 0 saturated carbocycles. The summed E-state index contributed by atoms with van der Waals surface area (Å²) in [4.78, 5) is 22.1. The highest BCUT2D eigenvalue weighted by atomic mass is 28.4. The lowest BCUT2D eigenvalue weighted by Crippen LogP contribution is -2.45. The van der Waals surface area contributed by atoms with Gasteiger partial charge in [-0.15, -0.1) is 0 Å². The van der Waals surface area contributed by atoms with Crippen LogP contribution in [0.4, 0.5) is 0 Å². The lowest BCUT2D eigenvalue weighted by molar-refractivity contribution is -0.139. The van der Waals surface area contributed by atoms with Crippen LogP contribution in [0.25, 0.3) is 0 Å². The van der Waals surface area contributed by atoms with Gasteiger partial charge in [0, 0.05) is 12.2 Å². The molecule has 0 fully saturated rings. The molecule has 0 spiro atoms. The van der Waals surface area contributed by atoms with Gasteiger partial charge in [-0.2, -0.15) is 0 Å². The second-order valence-corrected chi connectivity index (χ2v) is 22.7. The maximum atomic E-state index is 11.0. The Labute approximate surface area is 193 Å². The van der Waals surface area contributed by atoms with E-state index in [1.54, 1.807) is 0 Å². The topological polar surface area (TPSA) is 80.3 Å². The number of carbonyl (C=O) groups excluding carboxylic acids is 2. The molecule has 180 valence electrons. The summed E-state index contributed by atoms with van der Waals surface area (Å²) in [7, 11) is -6.14. The molecular weight excluding hydrogens is 465 g/mol. The Hall–Kier alpha value is -0.832. The van der Waals surface area contributed by atoms with E-state index in [2.05, 4.69) is 52.4 Å². The van der Waals surface area contributed by atoms with Crippen molar-refractivity contribution in [3.8, 4) is 0 Å². The lowest BCUT2D eigenvalue weighted by Gasteiger charge is -2.35. The SMILES string of the molecule is C=CC(=O)OCCO[SiH](C)CC[Si](C)(C)O[Si](C)(C)CC[SiH](C)OCCOC(=O)C=C. The van der Waals surface area contributed by atoms with Gasteiger partial charge in [0.2, 0.25) is 0 Å². The van der Waals surface area contributed by atoms with Crippen molar-refractivity contribution in [2.24, 2.45) is 0 Å². The molecule has 0 N–H and O–H groups in total. The van der Waals surface area contributed by atoms with Crippen LogP contribution in [0.15, 0.2) is 25.3 Å². The van der Waals surface area contributed by atoms with Crippen molar-refractivity contribution in [2.45, 2.75) is 63.5 Å². The number of esters is 2. The van der Waals surface area contributed by atoms with Crippen LogP contribution in [0.3, 0.4) is 0 Å². The quantitative estimate of drug-likeness (QED) is 0.122. The van der Waals surface area contributed by atoms with Gasteiger partial charge in [-0.25, -0.2) is 9.59 Å². The minimum atomic E-state index is -1.77. The molecule has 0 aromatic carbocycles. The molecule has 0 aromatic heterocycles. The van der Waals surface area contributed by atoms with Gasteiger partial charge in [-0.1, -0.05) is 13.2 Å². The average Bonchev–Trinajstić information content (AvgIpc) is 2.70. The summed E-state index contributed by atoms with van der Waals surface area (Å²) < 4.78 is 28.3. The second-order valence-electron chi connectivity index (χ2n) is 8.80.